The largest absolute Gasteiger partial charge is 0.573 e. The van der Waals surface area contributed by atoms with Gasteiger partial charge in [-0.1, -0.05) is 23.7 Å². The summed E-state index contributed by atoms with van der Waals surface area (Å²) in [5, 5.41) is 11.9. The van der Waals surface area contributed by atoms with Crippen LogP contribution in [0.15, 0.2) is 36.5 Å². The van der Waals surface area contributed by atoms with Gasteiger partial charge in [0.1, 0.15) is 11.4 Å². The van der Waals surface area contributed by atoms with Gasteiger partial charge in [0.2, 0.25) is 0 Å². The number of carbonyl (C=O) groups excluding carboxylic acids is 1. The standard InChI is InChI=1S/C16H14ClF3N2O4/c1-22-8-10(17)6-13(22)15(25)21-12(7-14(23)24)9-2-4-11(5-3-9)26-16(18,19)20/h2-6,8,12H,7H2,1H3,(H,21,25)(H,23,24). The Labute approximate surface area is 151 Å². The van der Waals surface area contributed by atoms with E-state index in [4.69, 9.17) is 16.7 Å². The lowest BCUT2D eigenvalue weighted by Gasteiger charge is -2.18. The van der Waals surface area contributed by atoms with Gasteiger partial charge in [-0.2, -0.15) is 0 Å². The Bertz CT molecular complexity index is 803. The first-order valence-electron chi connectivity index (χ1n) is 7.25. The molecular formula is C16H14ClF3N2O4. The van der Waals surface area contributed by atoms with E-state index in [2.05, 4.69) is 10.1 Å². The van der Waals surface area contributed by atoms with Gasteiger partial charge in [-0.05, 0) is 23.8 Å². The maximum absolute atomic E-state index is 12.3. The molecule has 0 saturated heterocycles. The van der Waals surface area contributed by atoms with Crippen molar-refractivity contribution >= 4 is 23.5 Å². The minimum absolute atomic E-state index is 0.211. The molecule has 26 heavy (non-hydrogen) atoms. The monoisotopic (exact) mass is 390 g/mol. The summed E-state index contributed by atoms with van der Waals surface area (Å²) in [6, 6.07) is 5.06. The molecule has 10 heteroatoms. The zero-order valence-electron chi connectivity index (χ0n) is 13.4. The number of carboxylic acids is 1. The molecule has 140 valence electrons. The Kier molecular flexibility index (Phi) is 5.81. The van der Waals surface area contributed by atoms with E-state index in [9.17, 15) is 22.8 Å². The summed E-state index contributed by atoms with van der Waals surface area (Å²) in [6.45, 7) is 0. The molecule has 0 bridgehead atoms. The highest BCUT2D eigenvalue weighted by Crippen LogP contribution is 2.26. The average molecular weight is 391 g/mol. The Morgan fingerprint density at radius 2 is 1.92 bits per heavy atom. The van der Waals surface area contributed by atoms with Crippen LogP contribution in [0.25, 0.3) is 0 Å². The molecule has 1 amide bonds. The van der Waals surface area contributed by atoms with Gasteiger partial charge < -0.3 is 19.7 Å². The second-order valence-electron chi connectivity index (χ2n) is 5.40. The molecule has 6 nitrogen and oxygen atoms in total. The van der Waals surface area contributed by atoms with Gasteiger partial charge in [-0.25, -0.2) is 0 Å². The lowest BCUT2D eigenvalue weighted by molar-refractivity contribution is -0.274. The van der Waals surface area contributed by atoms with Crippen molar-refractivity contribution in [2.45, 2.75) is 18.8 Å². The molecule has 1 atom stereocenters. The van der Waals surface area contributed by atoms with Crippen LogP contribution in [-0.2, 0) is 11.8 Å². The van der Waals surface area contributed by atoms with Crippen LogP contribution in [0.1, 0.15) is 28.5 Å². The molecule has 0 aliphatic carbocycles. The minimum atomic E-state index is -4.83. The van der Waals surface area contributed by atoms with Crippen LogP contribution in [0.4, 0.5) is 13.2 Å². The van der Waals surface area contributed by atoms with Crippen molar-refractivity contribution in [1.29, 1.82) is 0 Å². The first-order valence-corrected chi connectivity index (χ1v) is 7.63. The van der Waals surface area contributed by atoms with E-state index in [1.54, 1.807) is 7.05 Å². The molecule has 0 radical (unpaired) electrons. The Balaban J connectivity index is 2.20. The molecule has 1 aromatic carbocycles. The number of benzene rings is 1. The van der Waals surface area contributed by atoms with Crippen molar-refractivity contribution in [3.05, 3.63) is 52.8 Å². The van der Waals surface area contributed by atoms with Gasteiger partial charge >= 0.3 is 12.3 Å². The highest BCUT2D eigenvalue weighted by molar-refractivity contribution is 6.31. The first-order chi connectivity index (χ1) is 12.0. The van der Waals surface area contributed by atoms with Gasteiger partial charge in [0.05, 0.1) is 17.5 Å². The minimum Gasteiger partial charge on any atom is -0.481 e. The second kappa shape index (κ2) is 7.69. The maximum Gasteiger partial charge on any atom is 0.573 e. The number of aryl methyl sites for hydroxylation is 1. The number of rotatable bonds is 6. The maximum atomic E-state index is 12.3. The van der Waals surface area contributed by atoms with E-state index >= 15 is 0 Å². The van der Waals surface area contributed by atoms with Crippen LogP contribution < -0.4 is 10.1 Å². The molecule has 1 unspecified atom stereocenters. The number of carboxylic acid groups (broad SMARTS) is 1. The lowest BCUT2D eigenvalue weighted by atomic mass is 10.0. The van der Waals surface area contributed by atoms with Gasteiger partial charge in [-0.15, -0.1) is 13.2 Å². The number of halogens is 4. The molecule has 0 spiro atoms. The predicted molar refractivity (Wildman–Crippen MR) is 86.0 cm³/mol. The normalized spacial score (nSPS) is 12.5. The average Bonchev–Trinajstić information content (AvgIpc) is 2.84. The highest BCUT2D eigenvalue weighted by atomic mass is 35.5. The third-order valence-corrected chi connectivity index (χ3v) is 3.61. The van der Waals surface area contributed by atoms with Crippen LogP contribution in [0.5, 0.6) is 5.75 Å². The highest BCUT2D eigenvalue weighted by Gasteiger charge is 2.31. The van der Waals surface area contributed by atoms with Crippen LogP contribution in [-0.4, -0.2) is 27.9 Å². The lowest BCUT2D eigenvalue weighted by Crippen LogP contribution is -2.31. The third-order valence-electron chi connectivity index (χ3n) is 3.40. The molecule has 0 aliphatic heterocycles. The zero-order chi connectivity index (χ0) is 19.5. The van der Waals surface area contributed by atoms with E-state index in [0.717, 1.165) is 12.1 Å². The molecule has 0 saturated carbocycles. The van der Waals surface area contributed by atoms with Crippen molar-refractivity contribution in [1.82, 2.24) is 9.88 Å². The predicted octanol–water partition coefficient (Wildman–Crippen LogP) is 3.52. The molecule has 2 aromatic rings. The molecule has 1 heterocycles. The summed E-state index contributed by atoms with van der Waals surface area (Å²) in [5.41, 5.74) is 0.526. The van der Waals surface area contributed by atoms with E-state index in [1.165, 1.54) is 29.0 Å². The van der Waals surface area contributed by atoms with Gasteiger partial charge in [0.25, 0.3) is 5.91 Å². The van der Waals surface area contributed by atoms with Crippen molar-refractivity contribution in [3.63, 3.8) is 0 Å². The topological polar surface area (TPSA) is 80.6 Å². The number of aromatic nitrogens is 1. The summed E-state index contributed by atoms with van der Waals surface area (Å²) in [4.78, 5) is 23.4. The summed E-state index contributed by atoms with van der Waals surface area (Å²) < 4.78 is 41.8. The Morgan fingerprint density at radius 1 is 1.31 bits per heavy atom. The SMILES string of the molecule is Cn1cc(Cl)cc1C(=O)NC(CC(=O)O)c1ccc(OC(F)(F)F)cc1. The first kappa shape index (κ1) is 19.6. The summed E-state index contributed by atoms with van der Waals surface area (Å²) >= 11 is 5.82. The van der Waals surface area contributed by atoms with E-state index in [0.29, 0.717) is 10.6 Å². The van der Waals surface area contributed by atoms with Gasteiger partial charge in [0, 0.05) is 13.2 Å². The van der Waals surface area contributed by atoms with Crippen molar-refractivity contribution in [2.75, 3.05) is 0 Å². The number of aliphatic carboxylic acids is 1. The smallest absolute Gasteiger partial charge is 0.481 e. The fourth-order valence-electron chi connectivity index (χ4n) is 2.31. The second-order valence-corrected chi connectivity index (χ2v) is 5.83. The number of carbonyl (C=O) groups is 2. The molecular weight excluding hydrogens is 377 g/mol. The number of hydrogen-bond donors (Lipinski definition) is 2. The van der Waals surface area contributed by atoms with E-state index in [-0.39, 0.29) is 5.69 Å². The fourth-order valence-corrected chi connectivity index (χ4v) is 2.56. The number of ether oxygens (including phenoxy) is 1. The van der Waals surface area contributed by atoms with Crippen molar-refractivity contribution in [2.24, 2.45) is 7.05 Å². The molecule has 0 fully saturated rings. The summed E-state index contributed by atoms with van der Waals surface area (Å²) in [6.07, 6.45) is -3.78. The fraction of sp³-hybridized carbons (Fsp3) is 0.250. The van der Waals surface area contributed by atoms with Crippen LogP contribution in [0.2, 0.25) is 5.02 Å². The summed E-state index contributed by atoms with van der Waals surface area (Å²) in [5.74, 6) is -2.20. The van der Waals surface area contributed by atoms with Crippen LogP contribution in [0, 0.1) is 0 Å². The quantitative estimate of drug-likeness (QED) is 0.790. The Morgan fingerprint density at radius 3 is 2.38 bits per heavy atom. The van der Waals surface area contributed by atoms with E-state index < -0.39 is 36.5 Å². The zero-order valence-corrected chi connectivity index (χ0v) is 14.1. The molecule has 1 aromatic heterocycles. The number of hydrogen-bond acceptors (Lipinski definition) is 3. The third kappa shape index (κ3) is 5.41. The summed E-state index contributed by atoms with van der Waals surface area (Å²) in [7, 11) is 1.59. The van der Waals surface area contributed by atoms with Crippen LogP contribution >= 0.6 is 11.6 Å². The number of amides is 1. The number of nitrogens with zero attached hydrogens (tertiary/aromatic N) is 1. The number of alkyl halides is 3. The Hall–Kier alpha value is -2.68. The van der Waals surface area contributed by atoms with Gasteiger partial charge in [0.15, 0.2) is 0 Å². The van der Waals surface area contributed by atoms with Crippen molar-refractivity contribution in [3.8, 4) is 5.75 Å². The number of nitrogens with one attached hydrogen (secondary N) is 1. The van der Waals surface area contributed by atoms with Crippen molar-refractivity contribution < 1.29 is 32.6 Å². The molecule has 2 rings (SSSR count). The molecule has 2 N–H and O–H groups in total. The molecule has 0 aliphatic rings. The van der Waals surface area contributed by atoms with Crippen LogP contribution in [0.3, 0.4) is 0 Å². The van der Waals surface area contributed by atoms with Gasteiger partial charge in [-0.3, -0.25) is 9.59 Å². The van der Waals surface area contributed by atoms with E-state index in [1.807, 2.05) is 0 Å².